The number of nitrogens with zero attached hydrogens (tertiary/aromatic N) is 1. The highest BCUT2D eigenvalue weighted by atomic mass is 16.5. The molecule has 0 radical (unpaired) electrons. The first-order valence-electron chi connectivity index (χ1n) is 7.10. The van der Waals surface area contributed by atoms with Crippen molar-refractivity contribution in [3.8, 4) is 0 Å². The van der Waals surface area contributed by atoms with Gasteiger partial charge in [-0.05, 0) is 31.5 Å². The van der Waals surface area contributed by atoms with Gasteiger partial charge in [-0.2, -0.15) is 0 Å². The second-order valence-corrected chi connectivity index (χ2v) is 4.80. The van der Waals surface area contributed by atoms with E-state index < -0.39 is 6.04 Å². The molecule has 2 rings (SSSR count). The number of hydrogen-bond donors (Lipinski definition) is 1. The lowest BCUT2D eigenvalue weighted by molar-refractivity contribution is -0.144. The number of aryl methyl sites for hydroxylation is 1. The van der Waals surface area contributed by atoms with Gasteiger partial charge in [0.15, 0.2) is 0 Å². The van der Waals surface area contributed by atoms with Crippen molar-refractivity contribution in [3.63, 3.8) is 0 Å². The number of esters is 1. The van der Waals surface area contributed by atoms with E-state index >= 15 is 0 Å². The largest absolute Gasteiger partial charge is 0.464 e. The van der Waals surface area contributed by atoms with Crippen LogP contribution in [0, 0.1) is 6.92 Å². The first-order valence-corrected chi connectivity index (χ1v) is 7.10. The zero-order valence-corrected chi connectivity index (χ0v) is 12.4. The standard InChI is InChI=1S/C17H20N2O2/c1-3-21-17(20)15(12-14-9-5-4-6-10-14)19-16-11-7-8-13(2)18-16/h4-11,15H,3,12H2,1-2H3,(H,18,19). The molecular weight excluding hydrogens is 264 g/mol. The van der Waals surface area contributed by atoms with Crippen LogP contribution in [0.2, 0.25) is 0 Å². The van der Waals surface area contributed by atoms with Crippen LogP contribution in [-0.4, -0.2) is 23.6 Å². The van der Waals surface area contributed by atoms with E-state index in [4.69, 9.17) is 4.74 Å². The third-order valence-corrected chi connectivity index (χ3v) is 3.06. The van der Waals surface area contributed by atoms with E-state index in [-0.39, 0.29) is 5.97 Å². The minimum absolute atomic E-state index is 0.260. The summed E-state index contributed by atoms with van der Waals surface area (Å²) in [5.74, 6) is 0.425. The van der Waals surface area contributed by atoms with Gasteiger partial charge < -0.3 is 10.1 Å². The Morgan fingerprint density at radius 1 is 1.19 bits per heavy atom. The predicted molar refractivity (Wildman–Crippen MR) is 83.2 cm³/mol. The fourth-order valence-electron chi connectivity index (χ4n) is 2.09. The molecule has 21 heavy (non-hydrogen) atoms. The van der Waals surface area contributed by atoms with E-state index in [1.807, 2.05) is 62.4 Å². The Balaban J connectivity index is 2.14. The summed E-state index contributed by atoms with van der Waals surface area (Å²) in [7, 11) is 0. The van der Waals surface area contributed by atoms with Gasteiger partial charge in [0.05, 0.1) is 6.61 Å². The molecule has 110 valence electrons. The average Bonchev–Trinajstić information content (AvgIpc) is 2.48. The first kappa shape index (κ1) is 15.0. The quantitative estimate of drug-likeness (QED) is 0.829. The van der Waals surface area contributed by atoms with Crippen LogP contribution < -0.4 is 5.32 Å². The SMILES string of the molecule is CCOC(=O)C(Cc1ccccc1)Nc1cccc(C)n1. The van der Waals surface area contributed by atoms with Gasteiger partial charge in [-0.15, -0.1) is 0 Å². The Bertz CT molecular complexity index is 584. The predicted octanol–water partition coefficient (Wildman–Crippen LogP) is 2.98. The average molecular weight is 284 g/mol. The molecule has 4 heteroatoms. The number of nitrogens with one attached hydrogen (secondary N) is 1. The van der Waals surface area contributed by atoms with E-state index in [0.717, 1.165) is 11.3 Å². The van der Waals surface area contributed by atoms with Crippen molar-refractivity contribution in [1.29, 1.82) is 0 Å². The minimum Gasteiger partial charge on any atom is -0.464 e. The lowest BCUT2D eigenvalue weighted by Gasteiger charge is -2.18. The monoisotopic (exact) mass is 284 g/mol. The third kappa shape index (κ3) is 4.60. The van der Waals surface area contributed by atoms with E-state index in [1.54, 1.807) is 0 Å². The van der Waals surface area contributed by atoms with Crippen molar-refractivity contribution in [2.24, 2.45) is 0 Å². The summed E-state index contributed by atoms with van der Waals surface area (Å²) in [6.07, 6.45) is 0.565. The third-order valence-electron chi connectivity index (χ3n) is 3.06. The van der Waals surface area contributed by atoms with Crippen molar-refractivity contribution in [2.75, 3.05) is 11.9 Å². The Morgan fingerprint density at radius 2 is 1.95 bits per heavy atom. The molecule has 0 saturated heterocycles. The Labute approximate surface area is 125 Å². The lowest BCUT2D eigenvalue weighted by Crippen LogP contribution is -2.33. The van der Waals surface area contributed by atoms with E-state index in [1.165, 1.54) is 0 Å². The van der Waals surface area contributed by atoms with Gasteiger partial charge in [-0.1, -0.05) is 36.4 Å². The van der Waals surface area contributed by atoms with Crippen LogP contribution >= 0.6 is 0 Å². The van der Waals surface area contributed by atoms with E-state index in [0.29, 0.717) is 18.8 Å². The summed E-state index contributed by atoms with van der Waals surface area (Å²) in [6, 6.07) is 15.1. The smallest absolute Gasteiger partial charge is 0.328 e. The van der Waals surface area contributed by atoms with Crippen LogP contribution in [0.3, 0.4) is 0 Å². The number of ether oxygens (including phenoxy) is 1. The first-order chi connectivity index (χ1) is 10.2. The van der Waals surface area contributed by atoms with Gasteiger partial charge in [0.1, 0.15) is 11.9 Å². The lowest BCUT2D eigenvalue weighted by atomic mass is 10.1. The second kappa shape index (κ2) is 7.43. The molecule has 1 heterocycles. The van der Waals surface area contributed by atoms with Crippen LogP contribution in [-0.2, 0) is 16.0 Å². The van der Waals surface area contributed by atoms with Crippen LogP contribution in [0.4, 0.5) is 5.82 Å². The van der Waals surface area contributed by atoms with Gasteiger partial charge in [-0.25, -0.2) is 9.78 Å². The summed E-state index contributed by atoms with van der Waals surface area (Å²) in [5, 5.41) is 3.17. The molecule has 0 saturated carbocycles. The molecule has 0 fully saturated rings. The molecule has 1 atom stereocenters. The van der Waals surface area contributed by atoms with E-state index in [9.17, 15) is 4.79 Å². The van der Waals surface area contributed by atoms with Gasteiger partial charge in [0.2, 0.25) is 0 Å². The number of pyridine rings is 1. The van der Waals surface area contributed by atoms with Crippen LogP contribution in [0.1, 0.15) is 18.2 Å². The van der Waals surface area contributed by atoms with Crippen LogP contribution in [0.15, 0.2) is 48.5 Å². The highest BCUT2D eigenvalue weighted by Crippen LogP contribution is 2.11. The fraction of sp³-hybridized carbons (Fsp3) is 0.294. The molecule has 1 aromatic carbocycles. The molecule has 2 aromatic rings. The van der Waals surface area contributed by atoms with Gasteiger partial charge in [-0.3, -0.25) is 0 Å². The Hall–Kier alpha value is -2.36. The summed E-state index contributed by atoms with van der Waals surface area (Å²) >= 11 is 0. The number of anilines is 1. The van der Waals surface area contributed by atoms with Crippen LogP contribution in [0.25, 0.3) is 0 Å². The molecule has 4 nitrogen and oxygen atoms in total. The number of rotatable bonds is 6. The molecule has 0 aliphatic carbocycles. The fourth-order valence-corrected chi connectivity index (χ4v) is 2.09. The molecule has 1 unspecified atom stereocenters. The number of carbonyl (C=O) groups excluding carboxylic acids is 1. The second-order valence-electron chi connectivity index (χ2n) is 4.80. The number of benzene rings is 1. The summed E-state index contributed by atoms with van der Waals surface area (Å²) in [6.45, 7) is 4.09. The minimum atomic E-state index is -0.443. The van der Waals surface area contributed by atoms with Gasteiger partial charge in [0, 0.05) is 12.1 Å². The highest BCUT2D eigenvalue weighted by Gasteiger charge is 2.20. The zero-order valence-electron chi connectivity index (χ0n) is 12.4. The van der Waals surface area contributed by atoms with E-state index in [2.05, 4.69) is 10.3 Å². The maximum atomic E-state index is 12.1. The van der Waals surface area contributed by atoms with Crippen molar-refractivity contribution < 1.29 is 9.53 Å². The summed E-state index contributed by atoms with van der Waals surface area (Å²) in [5.41, 5.74) is 1.98. The van der Waals surface area contributed by atoms with Crippen molar-refractivity contribution >= 4 is 11.8 Å². The van der Waals surface area contributed by atoms with Crippen molar-refractivity contribution in [3.05, 3.63) is 59.8 Å². The maximum absolute atomic E-state index is 12.1. The highest BCUT2D eigenvalue weighted by molar-refractivity contribution is 5.79. The molecule has 1 N–H and O–H groups in total. The number of aromatic nitrogens is 1. The topological polar surface area (TPSA) is 51.2 Å². The number of hydrogen-bond acceptors (Lipinski definition) is 4. The number of carbonyl (C=O) groups is 1. The van der Waals surface area contributed by atoms with Crippen LogP contribution in [0.5, 0.6) is 0 Å². The van der Waals surface area contributed by atoms with Gasteiger partial charge >= 0.3 is 5.97 Å². The molecule has 0 bridgehead atoms. The zero-order chi connectivity index (χ0) is 15.1. The maximum Gasteiger partial charge on any atom is 0.328 e. The molecule has 1 aromatic heterocycles. The normalized spacial score (nSPS) is 11.7. The van der Waals surface area contributed by atoms with Crippen molar-refractivity contribution in [1.82, 2.24) is 4.98 Å². The molecule has 0 aliphatic rings. The van der Waals surface area contributed by atoms with Crippen molar-refractivity contribution in [2.45, 2.75) is 26.3 Å². The Morgan fingerprint density at radius 3 is 2.62 bits per heavy atom. The molecular formula is C17H20N2O2. The summed E-state index contributed by atoms with van der Waals surface area (Å²) in [4.78, 5) is 16.5. The Kier molecular flexibility index (Phi) is 5.32. The summed E-state index contributed by atoms with van der Waals surface area (Å²) < 4.78 is 5.15. The van der Waals surface area contributed by atoms with Gasteiger partial charge in [0.25, 0.3) is 0 Å². The molecule has 0 spiro atoms. The molecule has 0 amide bonds. The molecule has 0 aliphatic heterocycles.